The molecule has 0 amide bonds. The number of nitrogens with one attached hydrogen (secondary N) is 1. The first-order valence-corrected chi connectivity index (χ1v) is 10.4. The van der Waals surface area contributed by atoms with Crippen molar-refractivity contribution in [3.63, 3.8) is 0 Å². The summed E-state index contributed by atoms with van der Waals surface area (Å²) in [4.78, 5) is 17.5. The van der Waals surface area contributed by atoms with Crippen molar-refractivity contribution in [3.8, 4) is 0 Å². The van der Waals surface area contributed by atoms with Crippen LogP contribution in [0.4, 0.5) is 5.69 Å². The Morgan fingerprint density at radius 2 is 2.22 bits per heavy atom. The molecule has 0 bridgehead atoms. The van der Waals surface area contributed by atoms with Crippen LogP contribution in [0.2, 0.25) is 0 Å². The number of nitro groups is 1. The second-order valence-corrected chi connectivity index (χ2v) is 8.53. The van der Waals surface area contributed by atoms with Crippen LogP contribution in [0.5, 0.6) is 0 Å². The smallest absolute Gasteiger partial charge is 0.306 e. The van der Waals surface area contributed by atoms with Gasteiger partial charge in [0.2, 0.25) is 0 Å². The molecule has 1 aromatic heterocycles. The van der Waals surface area contributed by atoms with Gasteiger partial charge in [0, 0.05) is 30.1 Å². The predicted molar refractivity (Wildman–Crippen MR) is 120 cm³/mol. The SMILES string of the molecule is CCNC(=NCCn1cc([N+](=O)[O-])cn1)N1CCSC2(CCCCC2)C1.I. The van der Waals surface area contributed by atoms with E-state index >= 15 is 0 Å². The van der Waals surface area contributed by atoms with Crippen LogP contribution < -0.4 is 5.32 Å². The standard InChI is InChI=1S/C17H28N6O2S.HI/c1-2-18-16(19-8-9-22-13-15(12-20-22)23(24)25)21-10-11-26-17(14-21)6-4-3-5-7-17;/h12-13H,2-11,14H2,1H3,(H,18,19);1H. The van der Waals surface area contributed by atoms with Crippen molar-refractivity contribution in [2.75, 3.05) is 31.9 Å². The molecule has 1 spiro atoms. The highest BCUT2D eigenvalue weighted by molar-refractivity contribution is 14.0. The van der Waals surface area contributed by atoms with E-state index in [2.05, 4.69) is 34.0 Å². The van der Waals surface area contributed by atoms with E-state index < -0.39 is 4.92 Å². The summed E-state index contributed by atoms with van der Waals surface area (Å²) in [5, 5.41) is 18.2. The van der Waals surface area contributed by atoms with Gasteiger partial charge in [-0.1, -0.05) is 19.3 Å². The maximum atomic E-state index is 10.7. The molecule has 3 rings (SSSR count). The molecule has 0 atom stereocenters. The van der Waals surface area contributed by atoms with Gasteiger partial charge in [-0.2, -0.15) is 16.9 Å². The lowest BCUT2D eigenvalue weighted by Gasteiger charge is -2.45. The summed E-state index contributed by atoms with van der Waals surface area (Å²) in [5.41, 5.74) is 0.0215. The zero-order valence-corrected chi connectivity index (χ0v) is 18.9. The molecule has 152 valence electrons. The zero-order valence-electron chi connectivity index (χ0n) is 15.8. The normalized spacial score (nSPS) is 19.6. The van der Waals surface area contributed by atoms with Gasteiger partial charge < -0.3 is 10.2 Å². The van der Waals surface area contributed by atoms with E-state index in [4.69, 9.17) is 4.99 Å². The van der Waals surface area contributed by atoms with Crippen molar-refractivity contribution in [3.05, 3.63) is 22.5 Å². The molecule has 1 aromatic rings. The molecule has 1 aliphatic carbocycles. The van der Waals surface area contributed by atoms with Gasteiger partial charge in [-0.05, 0) is 19.8 Å². The number of rotatable bonds is 5. The number of aliphatic imine (C=N–C) groups is 1. The Morgan fingerprint density at radius 1 is 1.44 bits per heavy atom. The molecule has 27 heavy (non-hydrogen) atoms. The Labute approximate surface area is 181 Å². The van der Waals surface area contributed by atoms with Crippen molar-refractivity contribution >= 4 is 47.4 Å². The maximum absolute atomic E-state index is 10.7. The fourth-order valence-corrected chi connectivity index (χ4v) is 5.35. The molecule has 0 radical (unpaired) electrons. The van der Waals surface area contributed by atoms with Crippen molar-refractivity contribution in [2.24, 2.45) is 4.99 Å². The Balaban J connectivity index is 0.00000261. The Kier molecular flexibility index (Phi) is 8.64. The third-order valence-corrected chi connectivity index (χ3v) is 6.61. The van der Waals surface area contributed by atoms with Gasteiger partial charge in [0.1, 0.15) is 12.4 Å². The van der Waals surface area contributed by atoms with Gasteiger partial charge in [-0.25, -0.2) is 0 Å². The van der Waals surface area contributed by atoms with Crippen LogP contribution in [0.1, 0.15) is 39.0 Å². The van der Waals surface area contributed by atoms with Crippen LogP contribution in [0, 0.1) is 10.1 Å². The molecule has 2 fully saturated rings. The first-order valence-electron chi connectivity index (χ1n) is 9.46. The van der Waals surface area contributed by atoms with Gasteiger partial charge in [0.05, 0.1) is 18.0 Å². The van der Waals surface area contributed by atoms with E-state index in [9.17, 15) is 10.1 Å². The van der Waals surface area contributed by atoms with E-state index in [1.54, 1.807) is 4.68 Å². The van der Waals surface area contributed by atoms with Gasteiger partial charge in [-0.3, -0.25) is 19.8 Å². The summed E-state index contributed by atoms with van der Waals surface area (Å²) in [7, 11) is 0. The maximum Gasteiger partial charge on any atom is 0.306 e. The zero-order chi connectivity index (χ0) is 18.4. The molecular weight excluding hydrogens is 479 g/mol. The molecule has 10 heteroatoms. The van der Waals surface area contributed by atoms with Crippen LogP contribution in [-0.4, -0.2) is 62.2 Å². The summed E-state index contributed by atoms with van der Waals surface area (Å²) in [6.45, 7) is 6.10. The quantitative estimate of drug-likeness (QED) is 0.216. The highest BCUT2D eigenvalue weighted by atomic mass is 127. The van der Waals surface area contributed by atoms with E-state index in [0.29, 0.717) is 17.8 Å². The third kappa shape index (κ3) is 5.97. The average Bonchev–Trinajstić information content (AvgIpc) is 3.11. The summed E-state index contributed by atoms with van der Waals surface area (Å²) < 4.78 is 1.98. The largest absolute Gasteiger partial charge is 0.357 e. The van der Waals surface area contributed by atoms with Crippen LogP contribution >= 0.6 is 35.7 Å². The third-order valence-electron chi connectivity index (χ3n) is 5.07. The fraction of sp³-hybridized carbons (Fsp3) is 0.765. The summed E-state index contributed by atoms with van der Waals surface area (Å²) in [6, 6.07) is 0. The first-order chi connectivity index (χ1) is 12.6. The Morgan fingerprint density at radius 3 is 2.89 bits per heavy atom. The highest BCUT2D eigenvalue weighted by Crippen LogP contribution is 2.42. The number of nitrogens with zero attached hydrogens (tertiary/aromatic N) is 5. The molecule has 8 nitrogen and oxygen atoms in total. The summed E-state index contributed by atoms with van der Waals surface area (Å²) >= 11 is 2.15. The van der Waals surface area contributed by atoms with E-state index in [-0.39, 0.29) is 29.7 Å². The summed E-state index contributed by atoms with van der Waals surface area (Å²) in [5.74, 6) is 2.11. The number of hydrogen-bond donors (Lipinski definition) is 1. The van der Waals surface area contributed by atoms with E-state index in [1.807, 2.05) is 0 Å². The van der Waals surface area contributed by atoms with E-state index in [0.717, 1.165) is 31.3 Å². The molecular formula is C17H29IN6O2S. The number of halogens is 1. The van der Waals surface area contributed by atoms with Crippen molar-refractivity contribution in [1.29, 1.82) is 0 Å². The minimum absolute atomic E-state index is 0. The summed E-state index contributed by atoms with van der Waals surface area (Å²) in [6.07, 6.45) is 9.40. The van der Waals surface area contributed by atoms with Crippen LogP contribution in [0.15, 0.2) is 17.4 Å². The average molecular weight is 508 g/mol. The first kappa shape index (κ1) is 22.3. The second kappa shape index (κ2) is 10.5. The molecule has 2 heterocycles. The van der Waals surface area contributed by atoms with Crippen LogP contribution in [0.25, 0.3) is 0 Å². The monoisotopic (exact) mass is 508 g/mol. The lowest BCUT2D eigenvalue weighted by atomic mass is 9.87. The molecule has 1 N–H and O–H groups in total. The fourth-order valence-electron chi connectivity index (χ4n) is 3.78. The minimum atomic E-state index is -0.425. The van der Waals surface area contributed by atoms with Crippen molar-refractivity contribution in [2.45, 2.75) is 50.3 Å². The minimum Gasteiger partial charge on any atom is -0.357 e. The molecule has 0 unspecified atom stereocenters. The molecule has 0 aromatic carbocycles. The lowest BCUT2D eigenvalue weighted by molar-refractivity contribution is -0.385. The van der Waals surface area contributed by atoms with Crippen molar-refractivity contribution < 1.29 is 4.92 Å². The van der Waals surface area contributed by atoms with Gasteiger partial charge >= 0.3 is 5.69 Å². The van der Waals surface area contributed by atoms with Gasteiger partial charge in [-0.15, -0.1) is 24.0 Å². The molecule has 1 saturated heterocycles. The van der Waals surface area contributed by atoms with Crippen molar-refractivity contribution in [1.82, 2.24) is 20.0 Å². The second-order valence-electron chi connectivity index (χ2n) is 6.97. The Bertz CT molecular complexity index is 642. The topological polar surface area (TPSA) is 88.6 Å². The number of thioether (sulfide) groups is 1. The van der Waals surface area contributed by atoms with Gasteiger partial charge in [0.15, 0.2) is 5.96 Å². The van der Waals surface area contributed by atoms with Crippen LogP contribution in [0.3, 0.4) is 0 Å². The lowest BCUT2D eigenvalue weighted by Crippen LogP contribution is -2.53. The van der Waals surface area contributed by atoms with Gasteiger partial charge in [0.25, 0.3) is 0 Å². The number of hydrogen-bond acceptors (Lipinski definition) is 5. The van der Waals surface area contributed by atoms with Crippen LogP contribution in [-0.2, 0) is 6.54 Å². The highest BCUT2D eigenvalue weighted by Gasteiger charge is 2.38. The molecule has 1 aliphatic heterocycles. The number of guanidine groups is 1. The predicted octanol–water partition coefficient (Wildman–Crippen LogP) is 3.13. The van der Waals surface area contributed by atoms with E-state index in [1.165, 1.54) is 44.5 Å². The molecule has 1 saturated carbocycles. The Hall–Kier alpha value is -1.04. The molecule has 2 aliphatic rings. The number of aromatic nitrogens is 2.